The van der Waals surface area contributed by atoms with Crippen LogP contribution in [0.15, 0.2) is 51.9 Å². The number of aliphatic carboxylic acids is 1. The van der Waals surface area contributed by atoms with Crippen LogP contribution in [0, 0.1) is 5.82 Å². The van der Waals surface area contributed by atoms with Gasteiger partial charge in [-0.25, -0.2) is 12.8 Å². The van der Waals surface area contributed by atoms with Gasteiger partial charge in [-0.15, -0.1) is 0 Å². The molecular formula is C17H13FNO5S-. The number of fused-ring (bicyclic) bond motifs is 1. The molecule has 0 N–H and O–H groups in total. The molecule has 0 saturated carbocycles. The molecule has 6 nitrogen and oxygen atoms in total. The number of carbonyl (C=O) groups is 1. The first-order valence-corrected chi connectivity index (χ1v) is 9.00. The van der Waals surface area contributed by atoms with Crippen LogP contribution in [0.3, 0.4) is 0 Å². The lowest BCUT2D eigenvalue weighted by Crippen LogP contribution is -2.40. The van der Waals surface area contributed by atoms with E-state index in [0.29, 0.717) is 5.39 Å². The van der Waals surface area contributed by atoms with Gasteiger partial charge in [-0.2, -0.15) is 0 Å². The van der Waals surface area contributed by atoms with E-state index in [1.165, 1.54) is 43.3 Å². The largest absolute Gasteiger partial charge is 0.549 e. The fourth-order valence-electron chi connectivity index (χ4n) is 2.62. The molecule has 0 spiro atoms. The van der Waals surface area contributed by atoms with Crippen LogP contribution in [-0.4, -0.2) is 24.8 Å². The molecule has 3 rings (SSSR count). The molecule has 0 radical (unpaired) electrons. The Hall–Kier alpha value is -2.74. The van der Waals surface area contributed by atoms with Crippen LogP contribution in [0.25, 0.3) is 22.2 Å². The Morgan fingerprint density at radius 3 is 2.64 bits per heavy atom. The van der Waals surface area contributed by atoms with Crippen molar-refractivity contribution in [3.8, 4) is 11.3 Å². The summed E-state index contributed by atoms with van der Waals surface area (Å²) in [6.45, 7) is 1.45. The van der Waals surface area contributed by atoms with E-state index < -0.39 is 26.9 Å². The van der Waals surface area contributed by atoms with E-state index in [9.17, 15) is 22.7 Å². The number of carbonyl (C=O) groups excluding carboxylic acids is 1. The second kappa shape index (κ2) is 6.29. The third-order valence-corrected chi connectivity index (χ3v) is 6.10. The third-order valence-electron chi connectivity index (χ3n) is 3.91. The first-order valence-electron chi connectivity index (χ1n) is 7.45. The summed E-state index contributed by atoms with van der Waals surface area (Å²) in [5.74, 6) is -2.15. The summed E-state index contributed by atoms with van der Waals surface area (Å²) in [4.78, 5) is 10.9. The SMILES string of the molecule is CCC(C(=O)[O-])S(=O)(=O)c1ccc2c(-c3ccccc3F)noc2c1. The summed E-state index contributed by atoms with van der Waals surface area (Å²) in [5.41, 5.74) is 0.578. The average Bonchev–Trinajstić information content (AvgIpc) is 2.98. The van der Waals surface area contributed by atoms with Crippen molar-refractivity contribution in [3.63, 3.8) is 0 Å². The van der Waals surface area contributed by atoms with Crippen molar-refractivity contribution in [2.45, 2.75) is 23.5 Å². The number of sulfone groups is 1. The lowest BCUT2D eigenvalue weighted by atomic mass is 10.1. The Labute approximate surface area is 142 Å². The number of benzene rings is 2. The molecule has 1 atom stereocenters. The molecule has 0 amide bonds. The Bertz CT molecular complexity index is 1060. The molecule has 1 unspecified atom stereocenters. The summed E-state index contributed by atoms with van der Waals surface area (Å²) < 4.78 is 43.9. The van der Waals surface area contributed by atoms with E-state index in [1.54, 1.807) is 6.07 Å². The fourth-order valence-corrected chi connectivity index (χ4v) is 4.17. The normalized spacial score (nSPS) is 13.0. The van der Waals surface area contributed by atoms with Gasteiger partial charge in [-0.3, -0.25) is 0 Å². The zero-order chi connectivity index (χ0) is 18.2. The molecule has 1 heterocycles. The minimum atomic E-state index is -4.13. The minimum Gasteiger partial charge on any atom is -0.549 e. The predicted molar refractivity (Wildman–Crippen MR) is 85.7 cm³/mol. The average molecular weight is 362 g/mol. The minimum absolute atomic E-state index is 0.118. The molecule has 2 aromatic carbocycles. The molecule has 130 valence electrons. The highest BCUT2D eigenvalue weighted by atomic mass is 32.2. The van der Waals surface area contributed by atoms with Crippen molar-refractivity contribution in [2.75, 3.05) is 0 Å². The topological polar surface area (TPSA) is 100 Å². The van der Waals surface area contributed by atoms with E-state index in [2.05, 4.69) is 5.16 Å². The first kappa shape index (κ1) is 17.1. The van der Waals surface area contributed by atoms with Crippen LogP contribution in [0.4, 0.5) is 4.39 Å². The molecule has 0 aliphatic heterocycles. The Morgan fingerprint density at radius 2 is 2.00 bits per heavy atom. The molecule has 0 aliphatic carbocycles. The van der Waals surface area contributed by atoms with Crippen LogP contribution in [0.5, 0.6) is 0 Å². The lowest BCUT2D eigenvalue weighted by molar-refractivity contribution is -0.305. The van der Waals surface area contributed by atoms with E-state index in [0.717, 1.165) is 0 Å². The van der Waals surface area contributed by atoms with Gasteiger partial charge in [0.15, 0.2) is 15.4 Å². The smallest absolute Gasteiger partial charge is 0.186 e. The van der Waals surface area contributed by atoms with Gasteiger partial charge in [0, 0.05) is 17.0 Å². The van der Waals surface area contributed by atoms with Crippen LogP contribution >= 0.6 is 0 Å². The summed E-state index contributed by atoms with van der Waals surface area (Å²) in [6.07, 6.45) is -0.125. The van der Waals surface area contributed by atoms with E-state index in [1.807, 2.05) is 0 Å². The van der Waals surface area contributed by atoms with E-state index >= 15 is 0 Å². The molecule has 25 heavy (non-hydrogen) atoms. The zero-order valence-electron chi connectivity index (χ0n) is 13.1. The molecule has 0 fully saturated rings. The fraction of sp³-hybridized carbons (Fsp3) is 0.176. The van der Waals surface area contributed by atoms with Gasteiger partial charge in [-0.1, -0.05) is 24.2 Å². The van der Waals surface area contributed by atoms with Gasteiger partial charge in [0.1, 0.15) is 16.8 Å². The Balaban J connectivity index is 2.12. The molecule has 8 heteroatoms. The number of nitrogens with zero attached hydrogens (tertiary/aromatic N) is 1. The van der Waals surface area contributed by atoms with Gasteiger partial charge in [0.2, 0.25) is 0 Å². The van der Waals surface area contributed by atoms with Crippen molar-refractivity contribution in [2.24, 2.45) is 0 Å². The highest BCUT2D eigenvalue weighted by Crippen LogP contribution is 2.31. The van der Waals surface area contributed by atoms with Gasteiger partial charge in [-0.05, 0) is 30.7 Å². The first-order chi connectivity index (χ1) is 11.9. The van der Waals surface area contributed by atoms with Crippen molar-refractivity contribution in [3.05, 3.63) is 48.3 Å². The number of carboxylic acid groups (broad SMARTS) is 1. The number of carboxylic acids is 1. The monoisotopic (exact) mass is 362 g/mol. The number of aromatic nitrogens is 1. The number of halogens is 1. The van der Waals surface area contributed by atoms with E-state index in [4.69, 9.17) is 4.52 Å². The van der Waals surface area contributed by atoms with Gasteiger partial charge in [0.25, 0.3) is 0 Å². The van der Waals surface area contributed by atoms with Crippen LogP contribution in [-0.2, 0) is 14.6 Å². The summed E-state index contributed by atoms with van der Waals surface area (Å²) in [6, 6.07) is 9.85. The summed E-state index contributed by atoms with van der Waals surface area (Å²) in [7, 11) is -4.13. The van der Waals surface area contributed by atoms with E-state index in [-0.39, 0.29) is 28.2 Å². The van der Waals surface area contributed by atoms with Gasteiger partial charge in [0.05, 0.1) is 10.9 Å². The highest BCUT2D eigenvalue weighted by molar-refractivity contribution is 7.92. The van der Waals surface area contributed by atoms with Crippen molar-refractivity contribution in [1.29, 1.82) is 0 Å². The standard InChI is InChI=1S/C17H14FNO5S/c1-2-15(17(20)21)25(22,23)10-7-8-12-14(9-10)24-19-16(12)11-5-3-4-6-13(11)18/h3-9,15H,2H2,1H3,(H,20,21)/p-1. The lowest BCUT2D eigenvalue weighted by Gasteiger charge is -2.16. The van der Waals surface area contributed by atoms with Crippen LogP contribution < -0.4 is 5.11 Å². The predicted octanol–water partition coefficient (Wildman–Crippen LogP) is 1.94. The maximum atomic E-state index is 13.9. The highest BCUT2D eigenvalue weighted by Gasteiger charge is 2.28. The maximum absolute atomic E-state index is 13.9. The quantitative estimate of drug-likeness (QED) is 0.687. The number of rotatable bonds is 5. The number of hydrogen-bond acceptors (Lipinski definition) is 6. The zero-order valence-corrected chi connectivity index (χ0v) is 13.9. The molecule has 0 saturated heterocycles. The molecule has 0 aliphatic rings. The van der Waals surface area contributed by atoms with Crippen molar-refractivity contribution >= 4 is 26.8 Å². The van der Waals surface area contributed by atoms with Crippen molar-refractivity contribution in [1.82, 2.24) is 5.16 Å². The van der Waals surface area contributed by atoms with Gasteiger partial charge >= 0.3 is 0 Å². The third kappa shape index (κ3) is 2.89. The number of hydrogen-bond donors (Lipinski definition) is 0. The molecule has 0 bridgehead atoms. The van der Waals surface area contributed by atoms with Crippen LogP contribution in [0.1, 0.15) is 13.3 Å². The van der Waals surface area contributed by atoms with Crippen molar-refractivity contribution < 1.29 is 27.2 Å². The second-order valence-electron chi connectivity index (χ2n) is 5.43. The Morgan fingerprint density at radius 1 is 1.28 bits per heavy atom. The summed E-state index contributed by atoms with van der Waals surface area (Å²) in [5, 5.41) is 13.7. The second-order valence-corrected chi connectivity index (χ2v) is 7.56. The molecule has 3 aromatic rings. The molecular weight excluding hydrogens is 349 g/mol. The Kier molecular flexibility index (Phi) is 4.30. The van der Waals surface area contributed by atoms with Gasteiger partial charge < -0.3 is 14.4 Å². The molecule has 1 aromatic heterocycles. The van der Waals surface area contributed by atoms with Crippen LogP contribution in [0.2, 0.25) is 0 Å². The maximum Gasteiger partial charge on any atom is 0.186 e. The summed E-state index contributed by atoms with van der Waals surface area (Å²) >= 11 is 0.